The fourth-order valence-electron chi connectivity index (χ4n) is 3.46. The summed E-state index contributed by atoms with van der Waals surface area (Å²) in [6.45, 7) is 11.6. The molecule has 2 aromatic carbocycles. The van der Waals surface area contributed by atoms with Gasteiger partial charge in [-0.05, 0) is 60.2 Å². The Morgan fingerprint density at radius 3 is 2.42 bits per heavy atom. The molecule has 0 aliphatic rings. The van der Waals surface area contributed by atoms with Crippen LogP contribution in [0.3, 0.4) is 0 Å². The summed E-state index contributed by atoms with van der Waals surface area (Å²) in [6, 6.07) is 15.3. The van der Waals surface area contributed by atoms with Crippen molar-refractivity contribution < 1.29 is 19.0 Å². The summed E-state index contributed by atoms with van der Waals surface area (Å²) in [6.07, 6.45) is 3.23. The first-order valence-corrected chi connectivity index (χ1v) is 13.4. The van der Waals surface area contributed by atoms with Crippen LogP contribution in [0.2, 0.25) is 0 Å². The molecule has 0 fully saturated rings. The SMILES string of the molecule is CCCc1nnc(NC(=O)C(C#N)=Cc2ccc(OCCOc3ccc(C(C)(C)C)cc3)c(OCC)c2)s1. The minimum absolute atomic E-state index is 0.0563. The van der Waals surface area contributed by atoms with Gasteiger partial charge < -0.3 is 14.2 Å². The van der Waals surface area contributed by atoms with Crippen LogP contribution in [0.25, 0.3) is 6.08 Å². The van der Waals surface area contributed by atoms with Gasteiger partial charge in [-0.2, -0.15) is 5.26 Å². The predicted molar refractivity (Wildman–Crippen MR) is 150 cm³/mol. The Bertz CT molecular complexity index is 1290. The van der Waals surface area contributed by atoms with E-state index in [-0.39, 0.29) is 11.0 Å². The minimum atomic E-state index is -0.544. The molecule has 0 saturated carbocycles. The zero-order chi connectivity index (χ0) is 27.5. The highest BCUT2D eigenvalue weighted by atomic mass is 32.1. The Morgan fingerprint density at radius 1 is 1.03 bits per heavy atom. The number of hydrogen-bond donors (Lipinski definition) is 1. The number of benzene rings is 2. The first kappa shape index (κ1) is 28.7. The number of carbonyl (C=O) groups excluding carboxylic acids is 1. The second-order valence-corrected chi connectivity index (χ2v) is 10.5. The predicted octanol–water partition coefficient (Wildman–Crippen LogP) is 6.19. The molecule has 0 spiro atoms. The second-order valence-electron chi connectivity index (χ2n) is 9.49. The van der Waals surface area contributed by atoms with Crippen molar-refractivity contribution in [3.05, 3.63) is 64.2 Å². The molecule has 9 heteroatoms. The molecule has 1 heterocycles. The summed E-state index contributed by atoms with van der Waals surface area (Å²) in [4.78, 5) is 12.6. The highest BCUT2D eigenvalue weighted by molar-refractivity contribution is 7.15. The van der Waals surface area contributed by atoms with Crippen molar-refractivity contribution >= 4 is 28.5 Å². The van der Waals surface area contributed by atoms with Crippen molar-refractivity contribution in [3.63, 3.8) is 0 Å². The third-order valence-corrected chi connectivity index (χ3v) is 6.32. The molecule has 1 N–H and O–H groups in total. The first-order valence-electron chi connectivity index (χ1n) is 12.6. The van der Waals surface area contributed by atoms with Gasteiger partial charge in [-0.3, -0.25) is 10.1 Å². The normalized spacial score (nSPS) is 11.5. The Morgan fingerprint density at radius 2 is 1.76 bits per heavy atom. The molecule has 0 aliphatic heterocycles. The lowest BCUT2D eigenvalue weighted by molar-refractivity contribution is -0.112. The highest BCUT2D eigenvalue weighted by Gasteiger charge is 2.15. The van der Waals surface area contributed by atoms with Crippen molar-refractivity contribution in [2.75, 3.05) is 25.1 Å². The van der Waals surface area contributed by atoms with Crippen LogP contribution >= 0.6 is 11.3 Å². The molecule has 0 bridgehead atoms. The first-order chi connectivity index (χ1) is 18.2. The van der Waals surface area contributed by atoms with Crippen LogP contribution in [0.1, 0.15) is 57.2 Å². The Balaban J connectivity index is 1.61. The van der Waals surface area contributed by atoms with Crippen molar-refractivity contribution in [1.29, 1.82) is 5.26 Å². The van der Waals surface area contributed by atoms with Crippen LogP contribution in [0.4, 0.5) is 5.13 Å². The smallest absolute Gasteiger partial charge is 0.268 e. The van der Waals surface area contributed by atoms with Gasteiger partial charge in [-0.25, -0.2) is 0 Å². The average molecular weight is 535 g/mol. The van der Waals surface area contributed by atoms with E-state index in [1.807, 2.05) is 32.0 Å². The number of aromatic nitrogens is 2. The maximum Gasteiger partial charge on any atom is 0.268 e. The third kappa shape index (κ3) is 8.32. The zero-order valence-corrected chi connectivity index (χ0v) is 23.4. The molecule has 0 atom stereocenters. The van der Waals surface area contributed by atoms with Gasteiger partial charge in [-0.15, -0.1) is 10.2 Å². The van der Waals surface area contributed by atoms with Crippen LogP contribution in [0.5, 0.6) is 17.2 Å². The van der Waals surface area contributed by atoms with E-state index in [0.29, 0.717) is 42.0 Å². The van der Waals surface area contributed by atoms with E-state index in [2.05, 4.69) is 48.4 Å². The summed E-state index contributed by atoms with van der Waals surface area (Å²) in [5, 5.41) is 21.4. The summed E-state index contributed by atoms with van der Waals surface area (Å²) in [7, 11) is 0. The molecule has 1 amide bonds. The van der Waals surface area contributed by atoms with Crippen molar-refractivity contribution in [2.45, 2.75) is 52.9 Å². The highest BCUT2D eigenvalue weighted by Crippen LogP contribution is 2.30. The van der Waals surface area contributed by atoms with Crippen molar-refractivity contribution in [3.8, 4) is 23.3 Å². The van der Waals surface area contributed by atoms with E-state index in [1.54, 1.807) is 18.2 Å². The fourth-order valence-corrected chi connectivity index (χ4v) is 4.30. The zero-order valence-electron chi connectivity index (χ0n) is 22.5. The molecule has 8 nitrogen and oxygen atoms in total. The number of nitrogens with one attached hydrogen (secondary N) is 1. The molecular formula is C29H34N4O4S. The molecule has 0 aliphatic carbocycles. The van der Waals surface area contributed by atoms with Crippen LogP contribution in [0, 0.1) is 11.3 Å². The Kier molecular flexibility index (Phi) is 10.3. The van der Waals surface area contributed by atoms with Gasteiger partial charge in [0.15, 0.2) is 11.5 Å². The molecular weight excluding hydrogens is 500 g/mol. The molecule has 1 aromatic heterocycles. The number of carbonyl (C=O) groups is 1. The topological polar surface area (TPSA) is 106 Å². The van der Waals surface area contributed by atoms with Crippen LogP contribution in [-0.2, 0) is 16.6 Å². The maximum absolute atomic E-state index is 12.6. The van der Waals surface area contributed by atoms with Gasteiger partial charge in [0.1, 0.15) is 35.6 Å². The lowest BCUT2D eigenvalue weighted by Crippen LogP contribution is -2.13. The van der Waals surface area contributed by atoms with Gasteiger partial charge in [0.25, 0.3) is 5.91 Å². The second kappa shape index (κ2) is 13.6. The molecule has 0 saturated heterocycles. The van der Waals surface area contributed by atoms with Crippen LogP contribution < -0.4 is 19.5 Å². The quantitative estimate of drug-likeness (QED) is 0.168. The van der Waals surface area contributed by atoms with E-state index in [1.165, 1.54) is 23.0 Å². The van der Waals surface area contributed by atoms with Crippen LogP contribution in [0.15, 0.2) is 48.0 Å². The fraction of sp³-hybridized carbons (Fsp3) is 0.379. The monoisotopic (exact) mass is 534 g/mol. The number of rotatable bonds is 12. The summed E-state index contributed by atoms with van der Waals surface area (Å²) in [5.41, 5.74) is 1.91. The van der Waals surface area contributed by atoms with Crippen molar-refractivity contribution in [2.24, 2.45) is 0 Å². The number of nitrogens with zero attached hydrogens (tertiary/aromatic N) is 3. The van der Waals surface area contributed by atoms with Gasteiger partial charge in [0, 0.05) is 6.42 Å². The van der Waals surface area contributed by atoms with Gasteiger partial charge >= 0.3 is 0 Å². The van der Waals surface area contributed by atoms with Crippen molar-refractivity contribution in [1.82, 2.24) is 10.2 Å². The number of nitriles is 1. The Labute approximate surface area is 228 Å². The average Bonchev–Trinajstić information content (AvgIpc) is 3.33. The lowest BCUT2D eigenvalue weighted by Gasteiger charge is -2.19. The van der Waals surface area contributed by atoms with E-state index in [4.69, 9.17) is 14.2 Å². The maximum atomic E-state index is 12.6. The molecule has 3 rings (SSSR count). The number of amides is 1. The van der Waals surface area contributed by atoms with Gasteiger partial charge in [-0.1, -0.05) is 57.2 Å². The molecule has 200 valence electrons. The Hall–Kier alpha value is -3.90. The molecule has 0 unspecified atom stereocenters. The van der Waals surface area contributed by atoms with Gasteiger partial charge in [0.2, 0.25) is 5.13 Å². The largest absolute Gasteiger partial charge is 0.490 e. The number of hydrogen-bond acceptors (Lipinski definition) is 8. The molecule has 0 radical (unpaired) electrons. The van der Waals surface area contributed by atoms with E-state index < -0.39 is 5.91 Å². The van der Waals surface area contributed by atoms with Gasteiger partial charge in [0.05, 0.1) is 6.61 Å². The minimum Gasteiger partial charge on any atom is -0.490 e. The number of aryl methyl sites for hydroxylation is 1. The summed E-state index contributed by atoms with van der Waals surface area (Å²) in [5.74, 6) is 1.31. The summed E-state index contributed by atoms with van der Waals surface area (Å²) >= 11 is 1.30. The van der Waals surface area contributed by atoms with Crippen LogP contribution in [-0.4, -0.2) is 35.9 Å². The van der Waals surface area contributed by atoms with E-state index in [0.717, 1.165) is 23.6 Å². The molecule has 3 aromatic rings. The number of ether oxygens (including phenoxy) is 3. The molecule has 38 heavy (non-hydrogen) atoms. The standard InChI is InChI=1S/C29H34N4O4S/c1-6-8-26-32-33-28(38-26)31-27(34)21(19-30)17-20-9-14-24(25(18-20)35-7-2)37-16-15-36-23-12-10-22(11-13-23)29(3,4)5/h9-14,17-18H,6-8,15-16H2,1-5H3,(H,31,33,34). The third-order valence-electron chi connectivity index (χ3n) is 5.42. The number of anilines is 1. The summed E-state index contributed by atoms with van der Waals surface area (Å²) < 4.78 is 17.4. The lowest BCUT2D eigenvalue weighted by atomic mass is 9.87. The van der Waals surface area contributed by atoms with E-state index >= 15 is 0 Å². The van der Waals surface area contributed by atoms with E-state index in [9.17, 15) is 10.1 Å².